The molecule has 4 aliphatic rings. The fourth-order valence-corrected chi connectivity index (χ4v) is 5.00. The predicted molar refractivity (Wildman–Crippen MR) is 94.0 cm³/mol. The van der Waals surface area contributed by atoms with Crippen molar-refractivity contribution < 1.29 is 9.18 Å². The summed E-state index contributed by atoms with van der Waals surface area (Å²) in [6.45, 7) is 4.41. The van der Waals surface area contributed by atoms with Crippen LogP contribution >= 0.6 is 11.6 Å². The second kappa shape index (κ2) is 5.91. The number of hydrogen-bond acceptors (Lipinski definition) is 1. The number of halogens is 2. The van der Waals surface area contributed by atoms with Crippen molar-refractivity contribution in [1.82, 2.24) is 4.90 Å². The zero-order chi connectivity index (χ0) is 17.0. The molecule has 130 valence electrons. The van der Waals surface area contributed by atoms with E-state index in [1.165, 1.54) is 6.07 Å². The Morgan fingerprint density at radius 3 is 2.50 bits per heavy atom. The monoisotopic (exact) mass is 350 g/mol. The van der Waals surface area contributed by atoms with Crippen LogP contribution in [0.5, 0.6) is 0 Å². The standard InChI is InChI=1S/C19H24ClFN2O/c1-10-5-13-9-14(6-10)23(13)19(24)22-12-7-16(15-4-3-11(15)2)18(20)17(21)8-12/h7-8,10-11,13-15H,3-6,9H2,1-2H3,(H,22,24)/t10?,11-,13?,14?,15-/m1/s1. The number of urea groups is 1. The average Bonchev–Trinajstić information content (AvgIpc) is 2.50. The molecule has 2 unspecified atom stereocenters. The zero-order valence-electron chi connectivity index (χ0n) is 14.2. The van der Waals surface area contributed by atoms with Crippen LogP contribution in [-0.4, -0.2) is 23.0 Å². The van der Waals surface area contributed by atoms with Crippen LogP contribution < -0.4 is 5.32 Å². The molecule has 5 rings (SSSR count). The van der Waals surface area contributed by atoms with E-state index in [1.54, 1.807) is 0 Å². The van der Waals surface area contributed by atoms with Crippen LogP contribution in [0.4, 0.5) is 14.9 Å². The molecule has 2 aliphatic carbocycles. The number of hydrogen-bond donors (Lipinski definition) is 1. The van der Waals surface area contributed by atoms with E-state index in [2.05, 4.69) is 19.2 Å². The van der Waals surface area contributed by atoms with E-state index < -0.39 is 5.82 Å². The smallest absolute Gasteiger partial charge is 0.318 e. The Balaban J connectivity index is 1.51. The van der Waals surface area contributed by atoms with Gasteiger partial charge in [-0.15, -0.1) is 0 Å². The highest BCUT2D eigenvalue weighted by Gasteiger charge is 2.46. The number of anilines is 1. The minimum Gasteiger partial charge on any atom is -0.318 e. The molecular weight excluding hydrogens is 327 g/mol. The minimum absolute atomic E-state index is 0.0996. The SMILES string of the molecule is CC1CC2CC(C1)N2C(=O)Nc1cc(F)c(Cl)c([C@@H]2CC[C@H]2C)c1. The van der Waals surface area contributed by atoms with Crippen molar-refractivity contribution in [3.63, 3.8) is 0 Å². The van der Waals surface area contributed by atoms with Gasteiger partial charge in [0.1, 0.15) is 5.82 Å². The van der Waals surface area contributed by atoms with E-state index in [4.69, 9.17) is 11.6 Å². The van der Waals surface area contributed by atoms with Crippen LogP contribution in [0.3, 0.4) is 0 Å². The molecule has 1 aromatic carbocycles. The number of carbonyl (C=O) groups excluding carboxylic acids is 1. The summed E-state index contributed by atoms with van der Waals surface area (Å²) in [5.74, 6) is 1.07. The average molecular weight is 351 g/mol. The number of nitrogens with one attached hydrogen (secondary N) is 1. The molecule has 4 fully saturated rings. The maximum atomic E-state index is 14.2. The maximum absolute atomic E-state index is 14.2. The van der Waals surface area contributed by atoms with Crippen molar-refractivity contribution in [1.29, 1.82) is 0 Å². The molecule has 4 atom stereocenters. The van der Waals surface area contributed by atoms with Gasteiger partial charge in [-0.1, -0.05) is 25.4 Å². The first-order valence-electron chi connectivity index (χ1n) is 9.02. The first-order chi connectivity index (χ1) is 11.4. The van der Waals surface area contributed by atoms with Gasteiger partial charge < -0.3 is 10.2 Å². The summed E-state index contributed by atoms with van der Waals surface area (Å²) in [6.07, 6.45) is 5.44. The van der Waals surface area contributed by atoms with E-state index in [0.717, 1.165) is 37.7 Å². The maximum Gasteiger partial charge on any atom is 0.322 e. The highest BCUT2D eigenvalue weighted by atomic mass is 35.5. The number of piperidine rings is 1. The molecular formula is C19H24ClFN2O. The lowest BCUT2D eigenvalue weighted by Crippen LogP contribution is -2.63. The lowest BCUT2D eigenvalue weighted by molar-refractivity contribution is -0.00601. The summed E-state index contributed by atoms with van der Waals surface area (Å²) >= 11 is 6.17. The number of fused-ring (bicyclic) bond motifs is 2. The van der Waals surface area contributed by atoms with Crippen LogP contribution in [-0.2, 0) is 0 Å². The minimum atomic E-state index is -0.444. The van der Waals surface area contributed by atoms with Crippen molar-refractivity contribution in [3.8, 4) is 0 Å². The molecule has 2 bridgehead atoms. The molecule has 2 saturated carbocycles. The number of benzene rings is 1. The molecule has 5 heteroatoms. The van der Waals surface area contributed by atoms with Crippen LogP contribution in [0, 0.1) is 17.7 Å². The molecule has 2 amide bonds. The van der Waals surface area contributed by atoms with E-state index >= 15 is 0 Å². The van der Waals surface area contributed by atoms with E-state index in [0.29, 0.717) is 35.5 Å². The first kappa shape index (κ1) is 16.2. The molecule has 2 heterocycles. The van der Waals surface area contributed by atoms with E-state index in [1.807, 2.05) is 11.0 Å². The summed E-state index contributed by atoms with van der Waals surface area (Å²) in [5, 5.41) is 3.11. The largest absolute Gasteiger partial charge is 0.322 e. The lowest BCUT2D eigenvalue weighted by atomic mass is 9.71. The van der Waals surface area contributed by atoms with Crippen molar-refractivity contribution in [2.45, 2.75) is 64.0 Å². The Kier molecular flexibility index (Phi) is 3.98. The van der Waals surface area contributed by atoms with Gasteiger partial charge in [-0.2, -0.15) is 0 Å². The topological polar surface area (TPSA) is 32.3 Å². The summed E-state index contributed by atoms with van der Waals surface area (Å²) in [4.78, 5) is 14.5. The van der Waals surface area contributed by atoms with Crippen molar-refractivity contribution in [3.05, 3.63) is 28.5 Å². The van der Waals surface area contributed by atoms with Gasteiger partial charge in [0.05, 0.1) is 5.02 Å². The van der Waals surface area contributed by atoms with Gasteiger partial charge in [-0.25, -0.2) is 9.18 Å². The fourth-order valence-electron chi connectivity index (χ4n) is 4.75. The Hall–Kier alpha value is -1.29. The van der Waals surface area contributed by atoms with Gasteiger partial charge in [-0.3, -0.25) is 0 Å². The number of nitrogens with zero attached hydrogens (tertiary/aromatic N) is 1. The molecule has 24 heavy (non-hydrogen) atoms. The molecule has 3 nitrogen and oxygen atoms in total. The van der Waals surface area contributed by atoms with Crippen LogP contribution in [0.1, 0.15) is 57.4 Å². The Labute approximate surface area is 147 Å². The molecule has 1 aromatic rings. The van der Waals surface area contributed by atoms with Crippen molar-refractivity contribution >= 4 is 23.3 Å². The third kappa shape index (κ3) is 2.59. The van der Waals surface area contributed by atoms with Gasteiger partial charge in [0.25, 0.3) is 0 Å². The van der Waals surface area contributed by atoms with Crippen molar-refractivity contribution in [2.24, 2.45) is 11.8 Å². The predicted octanol–water partition coefficient (Wildman–Crippen LogP) is 5.40. The Morgan fingerprint density at radius 1 is 1.21 bits per heavy atom. The van der Waals surface area contributed by atoms with Gasteiger partial charge in [0, 0.05) is 17.8 Å². The third-order valence-electron chi connectivity index (χ3n) is 6.24. The molecule has 0 radical (unpaired) electrons. The van der Waals surface area contributed by atoms with Crippen LogP contribution in [0.15, 0.2) is 12.1 Å². The zero-order valence-corrected chi connectivity index (χ0v) is 14.9. The molecule has 2 aliphatic heterocycles. The molecule has 2 saturated heterocycles. The van der Waals surface area contributed by atoms with Gasteiger partial charge in [-0.05, 0) is 67.6 Å². The molecule has 1 N–H and O–H groups in total. The second-order valence-electron chi connectivity index (χ2n) is 7.98. The normalized spacial score (nSPS) is 34.3. The Bertz CT molecular complexity index is 668. The second-order valence-corrected chi connectivity index (χ2v) is 8.36. The number of carbonyl (C=O) groups is 1. The molecule has 0 aromatic heterocycles. The van der Waals surface area contributed by atoms with Crippen LogP contribution in [0.25, 0.3) is 0 Å². The number of rotatable bonds is 2. The van der Waals surface area contributed by atoms with Gasteiger partial charge >= 0.3 is 6.03 Å². The quantitative estimate of drug-likeness (QED) is 0.761. The fraction of sp³-hybridized carbons (Fsp3) is 0.632. The lowest BCUT2D eigenvalue weighted by Gasteiger charge is -2.54. The Morgan fingerprint density at radius 2 is 1.92 bits per heavy atom. The number of amides is 2. The van der Waals surface area contributed by atoms with E-state index in [9.17, 15) is 9.18 Å². The summed E-state index contributed by atoms with van der Waals surface area (Å²) < 4.78 is 14.2. The third-order valence-corrected chi connectivity index (χ3v) is 6.64. The van der Waals surface area contributed by atoms with Gasteiger partial charge in [0.2, 0.25) is 0 Å². The summed E-state index contributed by atoms with van der Waals surface area (Å²) in [6, 6.07) is 3.80. The summed E-state index contributed by atoms with van der Waals surface area (Å²) in [5.41, 5.74) is 1.36. The first-order valence-corrected chi connectivity index (χ1v) is 9.40. The summed E-state index contributed by atoms with van der Waals surface area (Å²) in [7, 11) is 0. The highest BCUT2D eigenvalue weighted by Crippen LogP contribution is 2.46. The molecule has 0 spiro atoms. The van der Waals surface area contributed by atoms with Crippen LogP contribution in [0.2, 0.25) is 5.02 Å². The highest BCUT2D eigenvalue weighted by molar-refractivity contribution is 6.31. The van der Waals surface area contributed by atoms with Gasteiger partial charge in [0.15, 0.2) is 0 Å². The van der Waals surface area contributed by atoms with Crippen molar-refractivity contribution in [2.75, 3.05) is 5.32 Å². The van der Waals surface area contributed by atoms with E-state index in [-0.39, 0.29) is 11.1 Å².